The molecule has 0 unspecified atom stereocenters. The number of ether oxygens (including phenoxy) is 2. The Morgan fingerprint density at radius 1 is 1.04 bits per heavy atom. The van der Waals surface area contributed by atoms with Crippen LogP contribution < -0.4 is 14.8 Å². The molecule has 0 aliphatic heterocycles. The second kappa shape index (κ2) is 9.74. The Morgan fingerprint density at radius 3 is 2.52 bits per heavy atom. The number of rotatable bonds is 8. The molecular weight excluding hydrogens is 428 g/mol. The van der Waals surface area contributed by atoms with Crippen molar-refractivity contribution in [1.82, 2.24) is 10.3 Å². The van der Waals surface area contributed by atoms with Crippen molar-refractivity contribution >= 4 is 27.5 Å². The van der Waals surface area contributed by atoms with E-state index >= 15 is 0 Å². The predicted octanol–water partition coefficient (Wildman–Crippen LogP) is 5.37. The van der Waals surface area contributed by atoms with Crippen molar-refractivity contribution in [2.75, 3.05) is 7.11 Å². The van der Waals surface area contributed by atoms with Gasteiger partial charge in [-0.05, 0) is 57.4 Å². The molecule has 4 nitrogen and oxygen atoms in total. The number of halogens is 2. The molecule has 0 fully saturated rings. The topological polar surface area (TPSA) is 43.4 Å². The average Bonchev–Trinajstić information content (AvgIpc) is 2.69. The van der Waals surface area contributed by atoms with Crippen molar-refractivity contribution in [2.24, 2.45) is 0 Å². The van der Waals surface area contributed by atoms with Crippen LogP contribution in [0.15, 0.2) is 65.4 Å². The highest BCUT2D eigenvalue weighted by Gasteiger charge is 2.13. The normalized spacial score (nSPS) is 10.6. The van der Waals surface area contributed by atoms with E-state index in [0.29, 0.717) is 29.7 Å². The molecule has 0 amide bonds. The zero-order valence-corrected chi connectivity index (χ0v) is 17.3. The number of aromatic nitrogens is 1. The highest BCUT2D eigenvalue weighted by atomic mass is 79.9. The third-order valence-corrected chi connectivity index (χ3v) is 4.98. The molecule has 6 heteroatoms. The maximum Gasteiger partial charge on any atom is 0.175 e. The molecular formula is C21H20BrClN2O2. The first-order valence-electron chi connectivity index (χ1n) is 8.49. The second-order valence-corrected chi connectivity index (χ2v) is 7.21. The van der Waals surface area contributed by atoms with E-state index in [0.717, 1.165) is 22.1 Å². The van der Waals surface area contributed by atoms with Crippen LogP contribution in [-0.4, -0.2) is 12.1 Å². The molecule has 0 atom stereocenters. The summed E-state index contributed by atoms with van der Waals surface area (Å²) >= 11 is 9.80. The molecule has 1 N–H and O–H groups in total. The molecule has 27 heavy (non-hydrogen) atoms. The Hall–Kier alpha value is -2.08. The number of hydrogen-bond acceptors (Lipinski definition) is 4. The van der Waals surface area contributed by atoms with Gasteiger partial charge in [-0.3, -0.25) is 4.98 Å². The van der Waals surface area contributed by atoms with E-state index in [2.05, 4.69) is 26.2 Å². The summed E-state index contributed by atoms with van der Waals surface area (Å²) in [7, 11) is 1.64. The van der Waals surface area contributed by atoms with Gasteiger partial charge < -0.3 is 14.8 Å². The number of pyridine rings is 1. The molecule has 3 rings (SSSR count). The molecule has 0 aliphatic rings. The first-order chi connectivity index (χ1) is 13.2. The smallest absolute Gasteiger partial charge is 0.175 e. The number of nitrogens with one attached hydrogen (secondary N) is 1. The van der Waals surface area contributed by atoms with E-state index in [4.69, 9.17) is 21.1 Å². The summed E-state index contributed by atoms with van der Waals surface area (Å²) in [5.74, 6) is 1.34. The summed E-state index contributed by atoms with van der Waals surface area (Å²) in [6.45, 7) is 1.85. The summed E-state index contributed by atoms with van der Waals surface area (Å²) in [4.78, 5) is 4.03. The fourth-order valence-corrected chi connectivity index (χ4v) is 3.43. The minimum atomic E-state index is 0.369. The van der Waals surface area contributed by atoms with Gasteiger partial charge in [-0.1, -0.05) is 29.8 Å². The van der Waals surface area contributed by atoms with Gasteiger partial charge in [-0.15, -0.1) is 0 Å². The molecule has 1 heterocycles. The standard InChI is InChI=1S/C21H20BrClN2O2/c1-26-20-11-16(13-25-12-15-6-8-24-9-7-15)10-18(22)21(20)27-14-17-4-2-3-5-19(17)23/h2-11,25H,12-14H2,1H3. The van der Waals surface area contributed by atoms with E-state index in [1.54, 1.807) is 19.5 Å². The number of methoxy groups -OCH3 is 1. The van der Waals surface area contributed by atoms with Gasteiger partial charge in [0.05, 0.1) is 11.6 Å². The van der Waals surface area contributed by atoms with Crippen LogP contribution in [0.2, 0.25) is 5.02 Å². The third kappa shape index (κ3) is 5.45. The lowest BCUT2D eigenvalue weighted by atomic mass is 10.2. The van der Waals surface area contributed by atoms with Crippen LogP contribution in [0.1, 0.15) is 16.7 Å². The highest BCUT2D eigenvalue weighted by molar-refractivity contribution is 9.10. The van der Waals surface area contributed by atoms with Crippen LogP contribution in [0.25, 0.3) is 0 Å². The Morgan fingerprint density at radius 2 is 1.78 bits per heavy atom. The van der Waals surface area contributed by atoms with Crippen LogP contribution in [0.3, 0.4) is 0 Å². The molecule has 0 radical (unpaired) electrons. The molecule has 140 valence electrons. The fourth-order valence-electron chi connectivity index (χ4n) is 2.63. The number of hydrogen-bond donors (Lipinski definition) is 1. The van der Waals surface area contributed by atoms with Gasteiger partial charge in [0.2, 0.25) is 0 Å². The Balaban J connectivity index is 1.66. The zero-order chi connectivity index (χ0) is 19.1. The SMILES string of the molecule is COc1cc(CNCc2ccncc2)cc(Br)c1OCc1ccccc1Cl. The van der Waals surface area contributed by atoms with Gasteiger partial charge in [-0.2, -0.15) is 0 Å². The van der Waals surface area contributed by atoms with Gasteiger partial charge in [0.25, 0.3) is 0 Å². The molecule has 3 aromatic rings. The summed E-state index contributed by atoms with van der Waals surface area (Å²) < 4.78 is 12.3. The molecule has 0 aliphatic carbocycles. The molecule has 0 spiro atoms. The lowest BCUT2D eigenvalue weighted by Gasteiger charge is -2.15. The van der Waals surface area contributed by atoms with Gasteiger partial charge in [0, 0.05) is 36.1 Å². The van der Waals surface area contributed by atoms with Crippen LogP contribution in [0.5, 0.6) is 11.5 Å². The van der Waals surface area contributed by atoms with E-state index in [1.165, 1.54) is 5.56 Å². The number of nitrogens with zero attached hydrogens (tertiary/aromatic N) is 1. The first kappa shape index (κ1) is 19.7. The van der Waals surface area contributed by atoms with Gasteiger partial charge in [-0.25, -0.2) is 0 Å². The number of benzene rings is 2. The zero-order valence-electron chi connectivity index (χ0n) is 14.9. The van der Waals surface area contributed by atoms with Crippen molar-refractivity contribution < 1.29 is 9.47 Å². The Bertz CT molecular complexity index is 891. The Labute approximate surface area is 172 Å². The van der Waals surface area contributed by atoms with Crippen LogP contribution >= 0.6 is 27.5 Å². The van der Waals surface area contributed by atoms with Crippen molar-refractivity contribution in [2.45, 2.75) is 19.7 Å². The summed E-state index contributed by atoms with van der Waals surface area (Å²) in [5, 5.41) is 4.10. The van der Waals surface area contributed by atoms with E-state index in [1.807, 2.05) is 48.5 Å². The van der Waals surface area contributed by atoms with Gasteiger partial charge in [0.1, 0.15) is 6.61 Å². The van der Waals surface area contributed by atoms with E-state index in [-0.39, 0.29) is 0 Å². The molecule has 2 aromatic carbocycles. The van der Waals surface area contributed by atoms with Crippen LogP contribution in [-0.2, 0) is 19.7 Å². The lowest BCUT2D eigenvalue weighted by Crippen LogP contribution is -2.13. The second-order valence-electron chi connectivity index (χ2n) is 5.95. The molecule has 0 saturated heterocycles. The van der Waals surface area contributed by atoms with Crippen molar-refractivity contribution in [1.29, 1.82) is 0 Å². The highest BCUT2D eigenvalue weighted by Crippen LogP contribution is 2.37. The quantitative estimate of drug-likeness (QED) is 0.504. The fraction of sp³-hybridized carbons (Fsp3) is 0.190. The van der Waals surface area contributed by atoms with Crippen LogP contribution in [0, 0.1) is 0 Å². The third-order valence-electron chi connectivity index (χ3n) is 4.03. The first-order valence-corrected chi connectivity index (χ1v) is 9.66. The average molecular weight is 448 g/mol. The largest absolute Gasteiger partial charge is 0.493 e. The summed E-state index contributed by atoms with van der Waals surface area (Å²) in [6, 6.07) is 15.6. The van der Waals surface area contributed by atoms with Crippen molar-refractivity contribution in [3.63, 3.8) is 0 Å². The Kier molecular flexibility index (Phi) is 7.10. The molecule has 0 bridgehead atoms. The minimum absolute atomic E-state index is 0.369. The monoisotopic (exact) mass is 446 g/mol. The molecule has 1 aromatic heterocycles. The van der Waals surface area contributed by atoms with Gasteiger partial charge >= 0.3 is 0 Å². The van der Waals surface area contributed by atoms with Crippen molar-refractivity contribution in [3.8, 4) is 11.5 Å². The maximum atomic E-state index is 6.20. The maximum absolute atomic E-state index is 6.20. The van der Waals surface area contributed by atoms with Crippen LogP contribution in [0.4, 0.5) is 0 Å². The summed E-state index contributed by atoms with van der Waals surface area (Å²) in [6.07, 6.45) is 3.59. The van der Waals surface area contributed by atoms with E-state index < -0.39 is 0 Å². The predicted molar refractivity (Wildman–Crippen MR) is 111 cm³/mol. The van der Waals surface area contributed by atoms with Crippen molar-refractivity contribution in [3.05, 3.63) is 87.1 Å². The van der Waals surface area contributed by atoms with E-state index in [9.17, 15) is 0 Å². The lowest BCUT2D eigenvalue weighted by molar-refractivity contribution is 0.282. The summed E-state index contributed by atoms with van der Waals surface area (Å²) in [5.41, 5.74) is 3.21. The van der Waals surface area contributed by atoms with Gasteiger partial charge in [0.15, 0.2) is 11.5 Å². The minimum Gasteiger partial charge on any atom is -0.493 e. The molecule has 0 saturated carbocycles.